The summed E-state index contributed by atoms with van der Waals surface area (Å²) < 4.78 is 11.0. The molecule has 4 rings (SSSR count). The summed E-state index contributed by atoms with van der Waals surface area (Å²) in [6, 6.07) is 12.6. The van der Waals surface area contributed by atoms with Gasteiger partial charge in [0.25, 0.3) is 5.91 Å². The van der Waals surface area contributed by atoms with Crippen molar-refractivity contribution in [3.63, 3.8) is 0 Å². The molecule has 2 heterocycles. The van der Waals surface area contributed by atoms with Gasteiger partial charge in [0.2, 0.25) is 6.10 Å². The Bertz CT molecular complexity index is 853. The number of ether oxygens (including phenoxy) is 2. The maximum absolute atomic E-state index is 12.4. The number of nitrogens with zero attached hydrogens (tertiary/aromatic N) is 1. The molecule has 0 radical (unpaired) electrons. The molecule has 1 amide bonds. The van der Waals surface area contributed by atoms with Gasteiger partial charge in [0, 0.05) is 28.8 Å². The predicted molar refractivity (Wildman–Crippen MR) is 93.5 cm³/mol. The zero-order valence-corrected chi connectivity index (χ0v) is 14.0. The highest BCUT2D eigenvalue weighted by Gasteiger charge is 2.30. The summed E-state index contributed by atoms with van der Waals surface area (Å²) in [5.41, 5.74) is 2.05. The van der Waals surface area contributed by atoms with E-state index >= 15 is 0 Å². The minimum absolute atomic E-state index is 0.275. The lowest BCUT2D eigenvalue weighted by atomic mass is 10.0. The first kappa shape index (κ1) is 15.8. The number of anilines is 1. The molecule has 0 saturated carbocycles. The number of nitrogens with one attached hydrogen (secondary N) is 1. The van der Waals surface area contributed by atoms with Crippen LogP contribution in [0.5, 0.6) is 11.5 Å². The standard InChI is InChI=1S/C18H15ClN2O4/c19-13-4-2-1-3-12(13)14-10-17(25-21-14)18(22)20-11-5-6-15-16(9-11)24-8-7-23-15/h1-6,9,17H,7-8,10H2,(H,20,22)/t17-/m0/s1. The second-order valence-electron chi connectivity index (χ2n) is 5.66. The van der Waals surface area contributed by atoms with Crippen molar-refractivity contribution in [3.8, 4) is 11.5 Å². The topological polar surface area (TPSA) is 69.2 Å². The lowest BCUT2D eigenvalue weighted by molar-refractivity contribution is -0.125. The second-order valence-corrected chi connectivity index (χ2v) is 6.07. The summed E-state index contributed by atoms with van der Waals surface area (Å²) in [6.45, 7) is 1.02. The Balaban J connectivity index is 1.42. The largest absolute Gasteiger partial charge is 0.486 e. The molecule has 2 aliphatic heterocycles. The Morgan fingerprint density at radius 3 is 2.76 bits per heavy atom. The molecule has 0 saturated heterocycles. The monoisotopic (exact) mass is 358 g/mol. The van der Waals surface area contributed by atoms with Crippen molar-refractivity contribution in [3.05, 3.63) is 53.1 Å². The van der Waals surface area contributed by atoms with Gasteiger partial charge < -0.3 is 19.6 Å². The van der Waals surface area contributed by atoms with Gasteiger partial charge in [-0.05, 0) is 18.2 Å². The molecule has 1 N–H and O–H groups in total. The average molecular weight is 359 g/mol. The minimum Gasteiger partial charge on any atom is -0.486 e. The van der Waals surface area contributed by atoms with E-state index in [1.807, 2.05) is 18.2 Å². The molecule has 2 aromatic carbocycles. The summed E-state index contributed by atoms with van der Waals surface area (Å²) in [6.07, 6.45) is -0.334. The van der Waals surface area contributed by atoms with E-state index < -0.39 is 6.10 Å². The molecule has 25 heavy (non-hydrogen) atoms. The van der Waals surface area contributed by atoms with E-state index in [1.165, 1.54) is 0 Å². The number of fused-ring (bicyclic) bond motifs is 1. The number of amides is 1. The predicted octanol–water partition coefficient (Wildman–Crippen LogP) is 3.24. The molecular weight excluding hydrogens is 344 g/mol. The van der Waals surface area contributed by atoms with Crippen LogP contribution in [0.15, 0.2) is 47.6 Å². The van der Waals surface area contributed by atoms with Crippen LogP contribution in [0.3, 0.4) is 0 Å². The molecule has 0 aromatic heterocycles. The molecule has 0 spiro atoms. The summed E-state index contributed by atoms with van der Waals surface area (Å²) >= 11 is 6.17. The van der Waals surface area contributed by atoms with E-state index in [1.54, 1.807) is 24.3 Å². The number of carbonyl (C=O) groups is 1. The van der Waals surface area contributed by atoms with Crippen LogP contribution in [0, 0.1) is 0 Å². The normalized spacial score (nSPS) is 18.3. The first-order valence-electron chi connectivity index (χ1n) is 7.89. The molecule has 2 aliphatic rings. The molecule has 0 unspecified atom stereocenters. The van der Waals surface area contributed by atoms with Crippen molar-refractivity contribution < 1.29 is 19.1 Å². The van der Waals surface area contributed by atoms with E-state index in [2.05, 4.69) is 10.5 Å². The number of hydrogen-bond acceptors (Lipinski definition) is 5. The molecule has 0 bridgehead atoms. The Labute approximate surface area is 149 Å². The molecular formula is C18H15ClN2O4. The number of rotatable bonds is 3. The number of oxime groups is 1. The molecule has 128 valence electrons. The Morgan fingerprint density at radius 2 is 1.92 bits per heavy atom. The van der Waals surface area contributed by atoms with E-state index in [0.29, 0.717) is 47.6 Å². The van der Waals surface area contributed by atoms with Crippen molar-refractivity contribution >= 4 is 28.9 Å². The Kier molecular flexibility index (Phi) is 4.19. The number of hydrogen-bond donors (Lipinski definition) is 1. The smallest absolute Gasteiger partial charge is 0.268 e. The third-order valence-corrected chi connectivity index (χ3v) is 4.29. The zero-order valence-electron chi connectivity index (χ0n) is 13.2. The fraction of sp³-hybridized carbons (Fsp3) is 0.222. The van der Waals surface area contributed by atoms with Crippen LogP contribution in [-0.2, 0) is 9.63 Å². The van der Waals surface area contributed by atoms with Gasteiger partial charge in [0.05, 0.1) is 5.71 Å². The maximum atomic E-state index is 12.4. The van der Waals surface area contributed by atoms with Gasteiger partial charge in [-0.2, -0.15) is 0 Å². The fourth-order valence-corrected chi connectivity index (χ4v) is 2.96. The third-order valence-electron chi connectivity index (χ3n) is 3.96. The molecule has 0 fully saturated rings. The van der Waals surface area contributed by atoms with E-state index in [-0.39, 0.29) is 5.91 Å². The van der Waals surface area contributed by atoms with E-state index in [4.69, 9.17) is 25.9 Å². The van der Waals surface area contributed by atoms with Gasteiger partial charge in [0.15, 0.2) is 11.5 Å². The first-order chi connectivity index (χ1) is 12.2. The average Bonchev–Trinajstić information content (AvgIpc) is 3.12. The van der Waals surface area contributed by atoms with Gasteiger partial charge in [-0.25, -0.2) is 0 Å². The van der Waals surface area contributed by atoms with Crippen molar-refractivity contribution in [2.75, 3.05) is 18.5 Å². The van der Waals surface area contributed by atoms with Crippen LogP contribution in [0.2, 0.25) is 5.02 Å². The summed E-state index contributed by atoms with van der Waals surface area (Å²) in [4.78, 5) is 17.7. The highest BCUT2D eigenvalue weighted by atomic mass is 35.5. The molecule has 6 nitrogen and oxygen atoms in total. The lowest BCUT2D eigenvalue weighted by Gasteiger charge is -2.19. The third kappa shape index (κ3) is 3.25. The van der Waals surface area contributed by atoms with Crippen molar-refractivity contribution in [1.29, 1.82) is 0 Å². The van der Waals surface area contributed by atoms with Crippen LogP contribution in [0.25, 0.3) is 0 Å². The Hall–Kier alpha value is -2.73. The molecule has 7 heteroatoms. The van der Waals surface area contributed by atoms with Crippen molar-refractivity contribution in [2.45, 2.75) is 12.5 Å². The summed E-state index contributed by atoms with van der Waals surface area (Å²) in [5.74, 6) is 1.01. The minimum atomic E-state index is -0.695. The van der Waals surface area contributed by atoms with Gasteiger partial charge >= 0.3 is 0 Å². The lowest BCUT2D eigenvalue weighted by Crippen LogP contribution is -2.28. The van der Waals surface area contributed by atoms with Crippen LogP contribution in [0.4, 0.5) is 5.69 Å². The fourth-order valence-electron chi connectivity index (χ4n) is 2.72. The first-order valence-corrected chi connectivity index (χ1v) is 8.26. The quantitative estimate of drug-likeness (QED) is 0.914. The van der Waals surface area contributed by atoms with Crippen LogP contribution in [-0.4, -0.2) is 30.9 Å². The highest BCUT2D eigenvalue weighted by molar-refractivity contribution is 6.34. The number of benzene rings is 2. The molecule has 0 aliphatic carbocycles. The number of carbonyl (C=O) groups excluding carboxylic acids is 1. The zero-order chi connectivity index (χ0) is 17.2. The summed E-state index contributed by atoms with van der Waals surface area (Å²) in [7, 11) is 0. The van der Waals surface area contributed by atoms with Crippen LogP contribution < -0.4 is 14.8 Å². The second kappa shape index (κ2) is 6.64. The molecule has 2 aromatic rings. The van der Waals surface area contributed by atoms with Gasteiger partial charge in [-0.15, -0.1) is 0 Å². The number of halogens is 1. The Morgan fingerprint density at radius 1 is 1.12 bits per heavy atom. The van der Waals surface area contributed by atoms with Crippen LogP contribution >= 0.6 is 11.6 Å². The summed E-state index contributed by atoms with van der Waals surface area (Å²) in [5, 5.41) is 7.40. The SMILES string of the molecule is O=C(Nc1ccc2c(c1)OCCO2)[C@@H]1CC(c2ccccc2Cl)=NO1. The van der Waals surface area contributed by atoms with E-state index in [0.717, 1.165) is 5.56 Å². The van der Waals surface area contributed by atoms with Crippen molar-refractivity contribution in [2.24, 2.45) is 5.16 Å². The van der Waals surface area contributed by atoms with Gasteiger partial charge in [-0.3, -0.25) is 4.79 Å². The highest BCUT2D eigenvalue weighted by Crippen LogP contribution is 2.33. The van der Waals surface area contributed by atoms with Crippen LogP contribution in [0.1, 0.15) is 12.0 Å². The maximum Gasteiger partial charge on any atom is 0.268 e. The molecule has 1 atom stereocenters. The van der Waals surface area contributed by atoms with Crippen molar-refractivity contribution in [1.82, 2.24) is 0 Å². The van der Waals surface area contributed by atoms with Gasteiger partial charge in [-0.1, -0.05) is 35.0 Å². The van der Waals surface area contributed by atoms with Gasteiger partial charge in [0.1, 0.15) is 13.2 Å². The van der Waals surface area contributed by atoms with E-state index in [9.17, 15) is 4.79 Å².